The van der Waals surface area contributed by atoms with E-state index in [2.05, 4.69) is 15.7 Å². The second kappa shape index (κ2) is 8.55. The van der Waals surface area contributed by atoms with E-state index in [-0.39, 0.29) is 28.6 Å². The van der Waals surface area contributed by atoms with Crippen molar-refractivity contribution < 1.29 is 22.7 Å². The van der Waals surface area contributed by atoms with E-state index in [9.17, 15) is 18.0 Å². The predicted octanol–water partition coefficient (Wildman–Crippen LogP) is 6.11. The Morgan fingerprint density at radius 1 is 1.22 bits per heavy atom. The van der Waals surface area contributed by atoms with E-state index in [0.717, 1.165) is 4.68 Å². The molecule has 2 aromatic carbocycles. The molecule has 168 valence electrons. The Morgan fingerprint density at radius 3 is 2.59 bits per heavy atom. The van der Waals surface area contributed by atoms with Crippen molar-refractivity contribution in [3.63, 3.8) is 0 Å². The zero-order valence-electron chi connectivity index (χ0n) is 16.6. The van der Waals surface area contributed by atoms with Gasteiger partial charge < -0.3 is 15.4 Å². The van der Waals surface area contributed by atoms with Crippen LogP contribution in [0.25, 0.3) is 0 Å². The standard InChI is InChI=1S/C21H17Cl2F3N4O2/c1-32-15-8-7-12(22)9-14(15)28-20(31)18-17(23)19-27-13(11-5-3-2-4-6-11)10-16(21(24,25)26)30(19)29-18/h2-9,13,16,27H,10H2,1H3,(H,28,31)/t13-,16-/m1/s1. The normalized spacial score (nSPS) is 17.9. The van der Waals surface area contributed by atoms with Crippen molar-refractivity contribution in [2.24, 2.45) is 0 Å². The molecule has 0 bridgehead atoms. The van der Waals surface area contributed by atoms with Crippen molar-refractivity contribution in [1.82, 2.24) is 9.78 Å². The molecule has 0 fully saturated rings. The minimum atomic E-state index is -4.59. The number of rotatable bonds is 4. The van der Waals surface area contributed by atoms with Gasteiger partial charge in [-0.1, -0.05) is 53.5 Å². The van der Waals surface area contributed by atoms with Crippen LogP contribution in [0.3, 0.4) is 0 Å². The molecule has 0 saturated carbocycles. The summed E-state index contributed by atoms with van der Waals surface area (Å²) in [6.45, 7) is 0. The van der Waals surface area contributed by atoms with Gasteiger partial charge in [-0.3, -0.25) is 4.79 Å². The molecule has 1 aliphatic heterocycles. The molecule has 32 heavy (non-hydrogen) atoms. The van der Waals surface area contributed by atoms with Crippen LogP contribution in [0.15, 0.2) is 48.5 Å². The summed E-state index contributed by atoms with van der Waals surface area (Å²) in [5, 5.41) is 9.59. The van der Waals surface area contributed by atoms with Gasteiger partial charge >= 0.3 is 6.18 Å². The molecule has 4 rings (SSSR count). The summed E-state index contributed by atoms with van der Waals surface area (Å²) < 4.78 is 47.5. The Morgan fingerprint density at radius 2 is 1.94 bits per heavy atom. The lowest BCUT2D eigenvalue weighted by atomic mass is 9.97. The molecule has 2 atom stereocenters. The number of fused-ring (bicyclic) bond motifs is 1. The van der Waals surface area contributed by atoms with E-state index in [1.54, 1.807) is 42.5 Å². The highest BCUT2D eigenvalue weighted by molar-refractivity contribution is 6.36. The van der Waals surface area contributed by atoms with Crippen molar-refractivity contribution in [1.29, 1.82) is 0 Å². The van der Waals surface area contributed by atoms with Crippen LogP contribution < -0.4 is 15.4 Å². The molecule has 1 aliphatic rings. The number of hydrogen-bond acceptors (Lipinski definition) is 4. The van der Waals surface area contributed by atoms with Crippen molar-refractivity contribution in [2.75, 3.05) is 17.7 Å². The van der Waals surface area contributed by atoms with Crippen molar-refractivity contribution >= 4 is 40.6 Å². The molecule has 0 saturated heterocycles. The van der Waals surface area contributed by atoms with Gasteiger partial charge in [-0.15, -0.1) is 0 Å². The van der Waals surface area contributed by atoms with Crippen LogP contribution in [0.4, 0.5) is 24.7 Å². The first kappa shape index (κ1) is 22.3. The van der Waals surface area contributed by atoms with Gasteiger partial charge in [-0.25, -0.2) is 4.68 Å². The third-order valence-electron chi connectivity index (χ3n) is 5.12. The van der Waals surface area contributed by atoms with Crippen LogP contribution in [0.1, 0.15) is 34.6 Å². The maximum atomic E-state index is 13.9. The summed E-state index contributed by atoms with van der Waals surface area (Å²) in [6.07, 6.45) is -4.90. The number of ether oxygens (including phenoxy) is 1. The summed E-state index contributed by atoms with van der Waals surface area (Å²) in [6, 6.07) is 10.7. The summed E-state index contributed by atoms with van der Waals surface area (Å²) in [5.41, 5.74) is 0.550. The van der Waals surface area contributed by atoms with Crippen molar-refractivity contribution in [3.05, 3.63) is 69.8 Å². The molecular weight excluding hydrogens is 468 g/mol. The number of amides is 1. The molecule has 2 N–H and O–H groups in total. The van der Waals surface area contributed by atoms with Crippen LogP contribution >= 0.6 is 23.2 Å². The van der Waals surface area contributed by atoms with Gasteiger partial charge in [-0.2, -0.15) is 18.3 Å². The Balaban J connectivity index is 1.71. The first-order chi connectivity index (χ1) is 15.2. The fourth-order valence-electron chi connectivity index (χ4n) is 3.60. The number of nitrogens with one attached hydrogen (secondary N) is 2. The maximum Gasteiger partial charge on any atom is 0.410 e. The lowest BCUT2D eigenvalue weighted by molar-refractivity contribution is -0.173. The topological polar surface area (TPSA) is 68.2 Å². The predicted molar refractivity (Wildman–Crippen MR) is 116 cm³/mol. The van der Waals surface area contributed by atoms with Gasteiger partial charge in [0.15, 0.2) is 11.7 Å². The van der Waals surface area contributed by atoms with Gasteiger partial charge in [-0.05, 0) is 23.8 Å². The lowest BCUT2D eigenvalue weighted by Crippen LogP contribution is -2.35. The zero-order chi connectivity index (χ0) is 23.0. The van der Waals surface area contributed by atoms with Gasteiger partial charge in [0.2, 0.25) is 0 Å². The summed E-state index contributed by atoms with van der Waals surface area (Å²) in [4.78, 5) is 12.9. The number of methoxy groups -OCH3 is 1. The quantitative estimate of drug-likeness (QED) is 0.468. The molecule has 11 heteroatoms. The first-order valence-electron chi connectivity index (χ1n) is 9.50. The lowest BCUT2D eigenvalue weighted by Gasteiger charge is -2.33. The molecule has 6 nitrogen and oxygen atoms in total. The first-order valence-corrected chi connectivity index (χ1v) is 10.3. The third kappa shape index (κ3) is 4.22. The molecular formula is C21H17Cl2F3N4O2. The molecule has 1 amide bonds. The smallest absolute Gasteiger partial charge is 0.410 e. The molecule has 3 aromatic rings. The Kier molecular flexibility index (Phi) is 5.96. The van der Waals surface area contributed by atoms with E-state index < -0.39 is 24.2 Å². The van der Waals surface area contributed by atoms with Crippen LogP contribution in [0, 0.1) is 0 Å². The molecule has 0 radical (unpaired) electrons. The number of nitrogens with zero attached hydrogens (tertiary/aromatic N) is 2. The molecule has 0 spiro atoms. The average molecular weight is 485 g/mol. The van der Waals surface area contributed by atoms with Gasteiger partial charge in [0.05, 0.1) is 18.8 Å². The summed E-state index contributed by atoms with van der Waals surface area (Å²) in [7, 11) is 1.41. The fourth-order valence-corrected chi connectivity index (χ4v) is 4.03. The molecule has 0 unspecified atom stereocenters. The number of aromatic nitrogens is 2. The highest BCUT2D eigenvalue weighted by Crippen LogP contribution is 2.46. The number of benzene rings is 2. The van der Waals surface area contributed by atoms with E-state index in [1.807, 2.05) is 0 Å². The Bertz CT molecular complexity index is 1150. The number of anilines is 2. The maximum absolute atomic E-state index is 13.9. The average Bonchev–Trinajstić information content (AvgIpc) is 3.10. The number of hydrogen-bond donors (Lipinski definition) is 2. The molecule has 2 heterocycles. The van der Waals surface area contributed by atoms with Crippen LogP contribution in [-0.4, -0.2) is 29.0 Å². The zero-order valence-corrected chi connectivity index (χ0v) is 18.1. The monoisotopic (exact) mass is 484 g/mol. The van der Waals surface area contributed by atoms with E-state index in [1.165, 1.54) is 13.2 Å². The Hall–Kier alpha value is -2.91. The number of carbonyl (C=O) groups is 1. The van der Waals surface area contributed by atoms with Gasteiger partial charge in [0, 0.05) is 11.4 Å². The minimum absolute atomic E-state index is 0.0719. The van der Waals surface area contributed by atoms with E-state index in [4.69, 9.17) is 27.9 Å². The summed E-state index contributed by atoms with van der Waals surface area (Å²) >= 11 is 12.3. The fraction of sp³-hybridized carbons (Fsp3) is 0.238. The van der Waals surface area contributed by atoms with E-state index in [0.29, 0.717) is 16.3 Å². The largest absolute Gasteiger partial charge is 0.495 e. The van der Waals surface area contributed by atoms with Gasteiger partial charge in [0.25, 0.3) is 5.91 Å². The second-order valence-corrected chi connectivity index (χ2v) is 7.97. The SMILES string of the molecule is COc1ccc(Cl)cc1NC(=O)c1nn2c(c1Cl)N[C@@H](c1ccccc1)C[C@@H]2C(F)(F)F. The summed E-state index contributed by atoms with van der Waals surface area (Å²) in [5.74, 6) is -0.549. The molecule has 0 aliphatic carbocycles. The third-order valence-corrected chi connectivity index (χ3v) is 5.72. The molecule has 1 aromatic heterocycles. The van der Waals surface area contributed by atoms with E-state index >= 15 is 0 Å². The highest BCUT2D eigenvalue weighted by Gasteiger charge is 2.47. The van der Waals surface area contributed by atoms with Crippen molar-refractivity contribution in [2.45, 2.75) is 24.7 Å². The number of carbonyl (C=O) groups excluding carboxylic acids is 1. The van der Waals surface area contributed by atoms with Crippen molar-refractivity contribution in [3.8, 4) is 5.75 Å². The van der Waals surface area contributed by atoms with Crippen LogP contribution in [-0.2, 0) is 0 Å². The van der Waals surface area contributed by atoms with Gasteiger partial charge in [0.1, 0.15) is 16.6 Å². The van der Waals surface area contributed by atoms with Crippen LogP contribution in [0.5, 0.6) is 5.75 Å². The second-order valence-electron chi connectivity index (χ2n) is 7.16. The Labute approximate surface area is 191 Å². The minimum Gasteiger partial charge on any atom is -0.495 e. The number of alkyl halides is 3. The number of halogens is 5. The van der Waals surface area contributed by atoms with Crippen LogP contribution in [0.2, 0.25) is 10.0 Å². The highest BCUT2D eigenvalue weighted by atomic mass is 35.5.